The van der Waals surface area contributed by atoms with Gasteiger partial charge in [-0.1, -0.05) is 36.4 Å². The van der Waals surface area contributed by atoms with Gasteiger partial charge < -0.3 is 15.6 Å². The summed E-state index contributed by atoms with van der Waals surface area (Å²) >= 11 is 0. The van der Waals surface area contributed by atoms with E-state index in [0.717, 1.165) is 33.7 Å². The highest BCUT2D eigenvalue weighted by molar-refractivity contribution is 5.90. The van der Waals surface area contributed by atoms with Crippen LogP contribution < -0.4 is 10.6 Å². The second-order valence-corrected chi connectivity index (χ2v) is 5.46. The normalized spacial score (nSPS) is 10.7. The van der Waals surface area contributed by atoms with E-state index >= 15 is 0 Å². The quantitative estimate of drug-likeness (QED) is 0.522. The number of benzene rings is 2. The van der Waals surface area contributed by atoms with Gasteiger partial charge >= 0.3 is 0 Å². The second kappa shape index (κ2) is 6.04. The zero-order valence-corrected chi connectivity index (χ0v) is 13.2. The fraction of sp³-hybridized carbons (Fsp3) is 0.0526. The number of aromatic amines is 1. The number of hydrogen-bond acceptors (Lipinski definition) is 4. The van der Waals surface area contributed by atoms with Crippen molar-refractivity contribution >= 4 is 28.4 Å². The monoisotopic (exact) mass is 315 g/mol. The molecule has 5 heteroatoms. The lowest BCUT2D eigenvalue weighted by atomic mass is 10.1. The highest BCUT2D eigenvalue weighted by Gasteiger charge is 2.11. The van der Waals surface area contributed by atoms with Crippen molar-refractivity contribution in [2.75, 3.05) is 17.7 Å². The van der Waals surface area contributed by atoms with Gasteiger partial charge in [0.05, 0.1) is 16.7 Å². The van der Waals surface area contributed by atoms with Crippen LogP contribution in [0.5, 0.6) is 0 Å². The van der Waals surface area contributed by atoms with Gasteiger partial charge in [-0.15, -0.1) is 0 Å². The van der Waals surface area contributed by atoms with Crippen LogP contribution in [-0.2, 0) is 0 Å². The molecule has 0 aliphatic rings. The number of rotatable bonds is 4. The minimum Gasteiger partial charge on any atom is -0.388 e. The van der Waals surface area contributed by atoms with Crippen LogP contribution in [0.2, 0.25) is 0 Å². The van der Waals surface area contributed by atoms with E-state index in [1.54, 1.807) is 0 Å². The predicted octanol–water partition coefficient (Wildman–Crippen LogP) is 4.41. The van der Waals surface area contributed by atoms with Gasteiger partial charge in [-0.2, -0.15) is 0 Å². The third-order valence-corrected chi connectivity index (χ3v) is 3.86. The topological polar surface area (TPSA) is 65.6 Å². The Kier molecular flexibility index (Phi) is 3.59. The van der Waals surface area contributed by atoms with Crippen molar-refractivity contribution in [3.8, 4) is 11.3 Å². The number of anilines is 3. The molecule has 5 nitrogen and oxygen atoms in total. The molecular formula is C19H17N5. The number of nitrogens with one attached hydrogen (secondary N) is 3. The molecule has 0 atom stereocenters. The van der Waals surface area contributed by atoms with Crippen LogP contribution >= 0.6 is 0 Å². The summed E-state index contributed by atoms with van der Waals surface area (Å²) in [6.07, 6.45) is 1.89. The summed E-state index contributed by atoms with van der Waals surface area (Å²) in [4.78, 5) is 12.6. The smallest absolute Gasteiger partial charge is 0.228 e. The molecule has 0 spiro atoms. The maximum absolute atomic E-state index is 4.72. The molecule has 2 aromatic carbocycles. The lowest BCUT2D eigenvalue weighted by Crippen LogP contribution is -2.00. The van der Waals surface area contributed by atoms with Crippen LogP contribution in [0.3, 0.4) is 0 Å². The van der Waals surface area contributed by atoms with Gasteiger partial charge in [-0.3, -0.25) is 0 Å². The van der Waals surface area contributed by atoms with E-state index in [9.17, 15) is 0 Å². The highest BCUT2D eigenvalue weighted by atomic mass is 15.1. The number of fused-ring (bicyclic) bond motifs is 1. The summed E-state index contributed by atoms with van der Waals surface area (Å²) in [5.74, 6) is 0.578. The Morgan fingerprint density at radius 3 is 2.54 bits per heavy atom. The molecule has 0 aliphatic heterocycles. The molecule has 4 rings (SSSR count). The molecular weight excluding hydrogens is 298 g/mol. The molecule has 4 aromatic rings. The first-order valence-corrected chi connectivity index (χ1v) is 7.79. The third kappa shape index (κ3) is 2.67. The molecule has 0 saturated heterocycles. The molecule has 24 heavy (non-hydrogen) atoms. The summed E-state index contributed by atoms with van der Waals surface area (Å²) in [5.41, 5.74) is 5.74. The van der Waals surface area contributed by atoms with E-state index in [-0.39, 0.29) is 0 Å². The Morgan fingerprint density at radius 1 is 0.875 bits per heavy atom. The van der Waals surface area contributed by atoms with Crippen LogP contribution in [0.25, 0.3) is 22.3 Å². The van der Waals surface area contributed by atoms with Crippen molar-refractivity contribution in [3.63, 3.8) is 0 Å². The lowest BCUT2D eigenvalue weighted by molar-refractivity contribution is 1.21. The molecule has 0 fully saturated rings. The second-order valence-electron chi connectivity index (χ2n) is 5.46. The first-order valence-electron chi connectivity index (χ1n) is 7.79. The average molecular weight is 315 g/mol. The highest BCUT2D eigenvalue weighted by Crippen LogP contribution is 2.27. The predicted molar refractivity (Wildman–Crippen MR) is 98.6 cm³/mol. The Balaban J connectivity index is 1.79. The largest absolute Gasteiger partial charge is 0.388 e. The molecule has 0 radical (unpaired) electrons. The molecule has 0 bridgehead atoms. The number of nitrogens with zero attached hydrogens (tertiary/aromatic N) is 2. The van der Waals surface area contributed by atoms with E-state index in [2.05, 4.69) is 20.6 Å². The molecule has 2 heterocycles. The number of aromatic nitrogens is 3. The SMILES string of the molecule is CNc1cccc(Nc2nc(-c3ccccc3)c3[nH]ccc3n2)c1. The zero-order chi connectivity index (χ0) is 16.4. The summed E-state index contributed by atoms with van der Waals surface area (Å²) < 4.78 is 0. The lowest BCUT2D eigenvalue weighted by Gasteiger charge is -2.09. The number of H-pyrrole nitrogens is 1. The van der Waals surface area contributed by atoms with E-state index in [1.807, 2.05) is 73.9 Å². The van der Waals surface area contributed by atoms with Gasteiger partial charge in [0, 0.05) is 30.2 Å². The maximum atomic E-state index is 4.72. The summed E-state index contributed by atoms with van der Waals surface area (Å²) in [5, 5.41) is 6.42. The molecule has 3 N–H and O–H groups in total. The Hall–Kier alpha value is -3.34. The van der Waals surface area contributed by atoms with Crippen molar-refractivity contribution in [1.82, 2.24) is 15.0 Å². The minimum atomic E-state index is 0.578. The van der Waals surface area contributed by atoms with Gasteiger partial charge in [0.25, 0.3) is 0 Å². The fourth-order valence-electron chi connectivity index (χ4n) is 2.69. The summed E-state index contributed by atoms with van der Waals surface area (Å²) in [6, 6.07) is 20.1. The zero-order valence-electron chi connectivity index (χ0n) is 13.2. The van der Waals surface area contributed by atoms with E-state index < -0.39 is 0 Å². The van der Waals surface area contributed by atoms with Crippen LogP contribution in [-0.4, -0.2) is 22.0 Å². The molecule has 118 valence electrons. The molecule has 0 saturated carbocycles. The minimum absolute atomic E-state index is 0.578. The Morgan fingerprint density at radius 2 is 1.71 bits per heavy atom. The maximum Gasteiger partial charge on any atom is 0.228 e. The molecule has 2 aromatic heterocycles. The van der Waals surface area contributed by atoms with Crippen LogP contribution in [0.15, 0.2) is 66.9 Å². The fourth-order valence-corrected chi connectivity index (χ4v) is 2.69. The van der Waals surface area contributed by atoms with Gasteiger partial charge in [0.2, 0.25) is 5.95 Å². The molecule has 0 amide bonds. The molecule has 0 aliphatic carbocycles. The van der Waals surface area contributed by atoms with E-state index in [4.69, 9.17) is 4.98 Å². The summed E-state index contributed by atoms with van der Waals surface area (Å²) in [6.45, 7) is 0. The third-order valence-electron chi connectivity index (χ3n) is 3.86. The van der Waals surface area contributed by atoms with Crippen molar-refractivity contribution < 1.29 is 0 Å². The van der Waals surface area contributed by atoms with Gasteiger partial charge in [-0.25, -0.2) is 9.97 Å². The van der Waals surface area contributed by atoms with E-state index in [1.165, 1.54) is 0 Å². The Bertz CT molecular complexity index is 975. The van der Waals surface area contributed by atoms with Crippen LogP contribution in [0.4, 0.5) is 17.3 Å². The van der Waals surface area contributed by atoms with Crippen molar-refractivity contribution in [2.24, 2.45) is 0 Å². The van der Waals surface area contributed by atoms with Crippen LogP contribution in [0, 0.1) is 0 Å². The summed E-state index contributed by atoms with van der Waals surface area (Å²) in [7, 11) is 1.90. The average Bonchev–Trinajstić information content (AvgIpc) is 3.10. The Labute approximate surface area is 139 Å². The molecule has 0 unspecified atom stereocenters. The van der Waals surface area contributed by atoms with Crippen molar-refractivity contribution in [2.45, 2.75) is 0 Å². The first-order chi connectivity index (χ1) is 11.8. The van der Waals surface area contributed by atoms with Crippen molar-refractivity contribution in [1.29, 1.82) is 0 Å². The number of hydrogen-bond donors (Lipinski definition) is 3. The van der Waals surface area contributed by atoms with Gasteiger partial charge in [0.1, 0.15) is 0 Å². The van der Waals surface area contributed by atoms with Crippen molar-refractivity contribution in [3.05, 3.63) is 66.9 Å². The first kappa shape index (κ1) is 14.3. The van der Waals surface area contributed by atoms with E-state index in [0.29, 0.717) is 5.95 Å². The van der Waals surface area contributed by atoms with Gasteiger partial charge in [0.15, 0.2) is 0 Å². The van der Waals surface area contributed by atoms with Gasteiger partial charge in [-0.05, 0) is 24.3 Å². The van der Waals surface area contributed by atoms with Crippen LogP contribution in [0.1, 0.15) is 0 Å². The standard InChI is InChI=1S/C19H17N5/c1-20-14-8-5-9-15(12-14)22-19-23-16-10-11-21-18(16)17(24-19)13-6-3-2-4-7-13/h2-12,20-21H,1H3,(H,22,23,24).